The number of hydrogen-bond acceptors (Lipinski definition) is 6. The molecule has 12 heteroatoms. The third-order valence-electron chi connectivity index (χ3n) is 4.97. The number of thiophene rings is 1. The van der Waals surface area contributed by atoms with Gasteiger partial charge in [-0.25, -0.2) is 8.42 Å². The minimum absolute atomic E-state index is 0.0815. The Morgan fingerprint density at radius 1 is 1.28 bits per heavy atom. The molecule has 0 bridgehead atoms. The van der Waals surface area contributed by atoms with Crippen molar-refractivity contribution >= 4 is 56.4 Å². The third-order valence-corrected chi connectivity index (χ3v) is 7.76. The van der Waals surface area contributed by atoms with Crippen molar-refractivity contribution in [3.63, 3.8) is 0 Å². The summed E-state index contributed by atoms with van der Waals surface area (Å²) in [6, 6.07) is 6.00. The molecule has 0 saturated carbocycles. The molecule has 3 rings (SSSR count). The molecular weight excluding hydrogens is 478 g/mol. The van der Waals surface area contributed by atoms with Crippen LogP contribution >= 0.6 is 22.9 Å². The summed E-state index contributed by atoms with van der Waals surface area (Å²) < 4.78 is 28.7. The van der Waals surface area contributed by atoms with Crippen LogP contribution in [0.3, 0.4) is 0 Å². The van der Waals surface area contributed by atoms with Crippen LogP contribution in [0.1, 0.15) is 35.0 Å². The normalized spacial score (nSPS) is 15.1. The number of anilines is 1. The van der Waals surface area contributed by atoms with Crippen molar-refractivity contribution < 1.29 is 27.9 Å². The highest BCUT2D eigenvalue weighted by molar-refractivity contribution is 7.89. The maximum absolute atomic E-state index is 13.1. The maximum Gasteiger partial charge on any atom is 0.323 e. The van der Waals surface area contributed by atoms with Crippen LogP contribution in [0, 0.1) is 0 Å². The fourth-order valence-electron chi connectivity index (χ4n) is 3.47. The van der Waals surface area contributed by atoms with E-state index >= 15 is 0 Å². The molecule has 1 aliphatic heterocycles. The molecule has 1 aromatic carbocycles. The molecule has 172 valence electrons. The monoisotopic (exact) mass is 499 g/mol. The molecule has 1 aromatic heterocycles. The Balaban J connectivity index is 1.82. The maximum atomic E-state index is 13.1. The second-order valence-corrected chi connectivity index (χ2v) is 10.5. The minimum atomic E-state index is -4.26. The molecule has 9 nitrogen and oxygen atoms in total. The quantitative estimate of drug-likeness (QED) is 0.484. The predicted octanol–water partition coefficient (Wildman–Crippen LogP) is 2.25. The van der Waals surface area contributed by atoms with Gasteiger partial charge in [0.2, 0.25) is 15.9 Å². The van der Waals surface area contributed by atoms with Crippen LogP contribution in [0.5, 0.6) is 0 Å². The molecule has 2 aromatic rings. The molecule has 32 heavy (non-hydrogen) atoms. The smallest absolute Gasteiger partial charge is 0.323 e. The van der Waals surface area contributed by atoms with E-state index in [4.69, 9.17) is 11.6 Å². The van der Waals surface area contributed by atoms with Gasteiger partial charge in [-0.3, -0.25) is 14.4 Å². The first-order valence-corrected chi connectivity index (χ1v) is 12.5. The van der Waals surface area contributed by atoms with E-state index < -0.39 is 34.5 Å². The van der Waals surface area contributed by atoms with Gasteiger partial charge in [-0.2, -0.15) is 4.72 Å². The number of nitrogens with one attached hydrogen (secondary N) is 2. The highest BCUT2D eigenvalue weighted by Crippen LogP contribution is 2.30. The number of amides is 2. The van der Waals surface area contributed by atoms with Crippen molar-refractivity contribution in [2.45, 2.75) is 37.1 Å². The number of sulfonamides is 1. The first kappa shape index (κ1) is 24.2. The van der Waals surface area contributed by atoms with Gasteiger partial charge >= 0.3 is 5.97 Å². The number of hydrogen-bond donors (Lipinski definition) is 3. The van der Waals surface area contributed by atoms with Crippen molar-refractivity contribution in [1.29, 1.82) is 0 Å². The molecule has 1 fully saturated rings. The molecule has 2 amide bonds. The van der Waals surface area contributed by atoms with Gasteiger partial charge in [-0.1, -0.05) is 24.6 Å². The fourth-order valence-corrected chi connectivity index (χ4v) is 5.94. The summed E-state index contributed by atoms with van der Waals surface area (Å²) in [6.07, 6.45) is 1.41. The lowest BCUT2D eigenvalue weighted by Crippen LogP contribution is -2.48. The van der Waals surface area contributed by atoms with E-state index in [-0.39, 0.29) is 15.7 Å². The largest absolute Gasteiger partial charge is 0.480 e. The summed E-state index contributed by atoms with van der Waals surface area (Å²) >= 11 is 6.82. The molecule has 3 N–H and O–H groups in total. The number of halogens is 1. The van der Waals surface area contributed by atoms with Crippen LogP contribution in [0.4, 0.5) is 5.69 Å². The predicted molar refractivity (Wildman–Crippen MR) is 121 cm³/mol. The zero-order valence-electron chi connectivity index (χ0n) is 17.1. The van der Waals surface area contributed by atoms with E-state index in [0.29, 0.717) is 41.4 Å². The Labute approximate surface area is 194 Å². The highest BCUT2D eigenvalue weighted by atomic mass is 35.5. The van der Waals surface area contributed by atoms with Crippen LogP contribution in [-0.2, 0) is 26.0 Å². The zero-order valence-corrected chi connectivity index (χ0v) is 19.5. The molecule has 0 radical (unpaired) electrons. The first-order valence-electron chi connectivity index (χ1n) is 9.85. The van der Waals surface area contributed by atoms with Crippen LogP contribution in [0.25, 0.3) is 0 Å². The summed E-state index contributed by atoms with van der Waals surface area (Å²) in [5.41, 5.74) is 0.935. The first-order chi connectivity index (χ1) is 15.1. The second-order valence-electron chi connectivity index (χ2n) is 7.08. The average molecular weight is 500 g/mol. The number of carboxylic acids is 1. The van der Waals surface area contributed by atoms with Crippen LogP contribution in [0.15, 0.2) is 35.2 Å². The standard InChI is InChI=1S/C20H22ClN3O6S2/c1-2-12-14(24-10-4-7-18(24)25)5-3-6-16(12)32(29,30)23-13(20(27)28)11-22-19(26)15-8-9-17(21)31-15/h3,5-6,8-9,13,23H,2,4,7,10-11H2,1H3,(H,22,26)(H,27,28)/t13-/m0/s1. The zero-order chi connectivity index (χ0) is 23.5. The second kappa shape index (κ2) is 9.99. The fraction of sp³-hybridized carbons (Fsp3) is 0.350. The van der Waals surface area contributed by atoms with Crippen molar-refractivity contribution in [2.24, 2.45) is 0 Å². The topological polar surface area (TPSA) is 133 Å². The summed E-state index contributed by atoms with van der Waals surface area (Å²) in [5.74, 6) is -2.08. The lowest BCUT2D eigenvalue weighted by Gasteiger charge is -2.22. The van der Waals surface area contributed by atoms with Gasteiger partial charge in [0.15, 0.2) is 0 Å². The van der Waals surface area contributed by atoms with Gasteiger partial charge < -0.3 is 15.3 Å². The molecule has 0 spiro atoms. The van der Waals surface area contributed by atoms with Gasteiger partial charge in [0.05, 0.1) is 14.1 Å². The molecule has 2 heterocycles. The highest BCUT2D eigenvalue weighted by Gasteiger charge is 2.30. The molecular formula is C20H22ClN3O6S2. The van der Waals surface area contributed by atoms with Gasteiger partial charge in [0, 0.05) is 25.2 Å². The Hall–Kier alpha value is -2.47. The van der Waals surface area contributed by atoms with E-state index in [2.05, 4.69) is 10.0 Å². The van der Waals surface area contributed by atoms with Crippen molar-refractivity contribution in [3.05, 3.63) is 45.1 Å². The lowest BCUT2D eigenvalue weighted by molar-refractivity contribution is -0.138. The van der Waals surface area contributed by atoms with Crippen LogP contribution in [-0.4, -0.2) is 50.4 Å². The Kier molecular flexibility index (Phi) is 7.55. The molecule has 1 aliphatic rings. The number of aliphatic carboxylic acids is 1. The summed E-state index contributed by atoms with van der Waals surface area (Å²) in [4.78, 5) is 37.8. The Morgan fingerprint density at radius 2 is 2.03 bits per heavy atom. The Bertz CT molecular complexity index is 1150. The number of carbonyl (C=O) groups excluding carboxylic acids is 2. The van der Waals surface area contributed by atoms with Crippen LogP contribution in [0.2, 0.25) is 4.34 Å². The number of nitrogens with zero attached hydrogens (tertiary/aromatic N) is 1. The van der Waals surface area contributed by atoms with Gasteiger partial charge in [-0.15, -0.1) is 11.3 Å². The molecule has 0 unspecified atom stereocenters. The molecule has 0 aliphatic carbocycles. The van der Waals surface area contributed by atoms with E-state index in [1.165, 1.54) is 24.3 Å². The third kappa shape index (κ3) is 5.29. The lowest BCUT2D eigenvalue weighted by atomic mass is 10.1. The van der Waals surface area contributed by atoms with Crippen LogP contribution < -0.4 is 14.9 Å². The SMILES string of the molecule is CCc1c(N2CCCC2=O)cccc1S(=O)(=O)N[C@@H](CNC(=O)c1ccc(Cl)s1)C(=O)O. The summed E-state index contributed by atoms with van der Waals surface area (Å²) in [7, 11) is -4.26. The van der Waals surface area contributed by atoms with Gasteiger partial charge in [0.25, 0.3) is 5.91 Å². The van der Waals surface area contributed by atoms with E-state index in [9.17, 15) is 27.9 Å². The molecule has 1 saturated heterocycles. The summed E-state index contributed by atoms with van der Waals surface area (Å²) in [5, 5.41) is 11.9. The van der Waals surface area contributed by atoms with Gasteiger partial charge in [0.1, 0.15) is 6.04 Å². The van der Waals surface area contributed by atoms with E-state index in [0.717, 1.165) is 11.3 Å². The van der Waals surface area contributed by atoms with E-state index in [1.807, 2.05) is 0 Å². The minimum Gasteiger partial charge on any atom is -0.480 e. The molecule has 1 atom stereocenters. The average Bonchev–Trinajstić information content (AvgIpc) is 3.38. The number of rotatable bonds is 9. The van der Waals surface area contributed by atoms with E-state index in [1.54, 1.807) is 17.9 Å². The number of carbonyl (C=O) groups is 3. The summed E-state index contributed by atoms with van der Waals surface area (Å²) in [6.45, 7) is 1.80. The number of benzene rings is 1. The van der Waals surface area contributed by atoms with Crippen molar-refractivity contribution in [3.8, 4) is 0 Å². The van der Waals surface area contributed by atoms with Gasteiger partial charge in [-0.05, 0) is 42.7 Å². The number of carboxylic acid groups (broad SMARTS) is 1. The van der Waals surface area contributed by atoms with Crippen molar-refractivity contribution in [2.75, 3.05) is 18.0 Å². The van der Waals surface area contributed by atoms with Crippen molar-refractivity contribution in [1.82, 2.24) is 10.0 Å². The Morgan fingerprint density at radius 3 is 2.59 bits per heavy atom.